The van der Waals surface area contributed by atoms with Crippen molar-refractivity contribution in [2.45, 2.75) is 19.4 Å². The van der Waals surface area contributed by atoms with Gasteiger partial charge in [0.25, 0.3) is 0 Å². The minimum Gasteiger partial charge on any atom is -0.384 e. The molecule has 3 aromatic carbocycles. The van der Waals surface area contributed by atoms with Crippen LogP contribution in [0, 0.1) is 0 Å². The van der Waals surface area contributed by atoms with E-state index in [1.807, 2.05) is 6.07 Å². The van der Waals surface area contributed by atoms with E-state index in [1.54, 1.807) is 0 Å². The number of fused-ring (bicyclic) bond motifs is 2. The van der Waals surface area contributed by atoms with Crippen LogP contribution in [0.1, 0.15) is 18.4 Å². The molecule has 3 heteroatoms. The smallest absolute Gasteiger partial charge is 0.0730 e. The quantitative estimate of drug-likeness (QED) is 0.329. The van der Waals surface area contributed by atoms with E-state index < -0.39 is 0 Å². The van der Waals surface area contributed by atoms with Crippen LogP contribution in [0.25, 0.3) is 21.8 Å². The molecule has 0 bridgehead atoms. The molecule has 0 atom stereocenters. The molecule has 27 heavy (non-hydrogen) atoms. The van der Waals surface area contributed by atoms with Gasteiger partial charge in [-0.3, -0.25) is 0 Å². The zero-order valence-corrected chi connectivity index (χ0v) is 15.5. The van der Waals surface area contributed by atoms with Crippen molar-refractivity contribution >= 4 is 27.5 Å². The van der Waals surface area contributed by atoms with E-state index in [0.29, 0.717) is 0 Å². The minimum absolute atomic E-state index is 0.941. The number of unbranched alkanes of at least 4 members (excludes halogenated alkanes) is 1. The molecule has 0 saturated carbocycles. The lowest BCUT2D eigenvalue weighted by Gasteiger charge is -2.11. The van der Waals surface area contributed by atoms with Crippen molar-refractivity contribution in [1.82, 2.24) is 10.3 Å². The van der Waals surface area contributed by atoms with Crippen molar-refractivity contribution < 1.29 is 0 Å². The fourth-order valence-corrected chi connectivity index (χ4v) is 3.38. The average molecular weight is 355 g/mol. The number of para-hydroxylation sites is 1. The van der Waals surface area contributed by atoms with Gasteiger partial charge in [-0.1, -0.05) is 54.6 Å². The molecule has 4 rings (SSSR count). The molecule has 136 valence electrons. The van der Waals surface area contributed by atoms with Crippen LogP contribution in [-0.2, 0) is 6.54 Å². The highest BCUT2D eigenvalue weighted by atomic mass is 14.9. The van der Waals surface area contributed by atoms with Gasteiger partial charge in [-0.15, -0.1) is 0 Å². The molecular formula is C24H25N3. The highest BCUT2D eigenvalue weighted by Gasteiger charge is 2.04. The molecule has 3 nitrogen and oxygen atoms in total. The Balaban J connectivity index is 1.29. The maximum atomic E-state index is 4.79. The molecule has 0 unspecified atom stereocenters. The van der Waals surface area contributed by atoms with Gasteiger partial charge in [0.2, 0.25) is 0 Å². The summed E-state index contributed by atoms with van der Waals surface area (Å²) in [6.07, 6.45) is 2.30. The van der Waals surface area contributed by atoms with E-state index in [1.165, 1.54) is 22.0 Å². The Bertz CT molecular complexity index is 1010. The molecule has 0 spiro atoms. The molecule has 0 aliphatic heterocycles. The third kappa shape index (κ3) is 4.44. The first-order chi connectivity index (χ1) is 13.4. The van der Waals surface area contributed by atoms with Gasteiger partial charge in [-0.2, -0.15) is 0 Å². The summed E-state index contributed by atoms with van der Waals surface area (Å²) in [5, 5.41) is 9.48. The number of benzene rings is 3. The maximum Gasteiger partial charge on any atom is 0.0730 e. The van der Waals surface area contributed by atoms with Crippen molar-refractivity contribution in [3.63, 3.8) is 0 Å². The summed E-state index contributed by atoms with van der Waals surface area (Å²) < 4.78 is 0. The van der Waals surface area contributed by atoms with Crippen LogP contribution in [-0.4, -0.2) is 18.1 Å². The monoisotopic (exact) mass is 355 g/mol. The molecule has 0 radical (unpaired) electrons. The van der Waals surface area contributed by atoms with E-state index in [4.69, 9.17) is 4.98 Å². The number of pyridine rings is 1. The van der Waals surface area contributed by atoms with Gasteiger partial charge in [-0.25, -0.2) is 4.98 Å². The summed E-state index contributed by atoms with van der Waals surface area (Å²) in [5.41, 5.74) is 4.60. The van der Waals surface area contributed by atoms with Crippen LogP contribution in [0.4, 0.5) is 5.69 Å². The zero-order chi connectivity index (χ0) is 18.3. The predicted octanol–water partition coefficient (Wildman–Crippen LogP) is 5.37. The first-order valence-electron chi connectivity index (χ1n) is 9.67. The van der Waals surface area contributed by atoms with Crippen molar-refractivity contribution in [1.29, 1.82) is 0 Å². The number of nitrogens with zero attached hydrogens (tertiary/aromatic N) is 1. The van der Waals surface area contributed by atoms with E-state index >= 15 is 0 Å². The Morgan fingerprint density at radius 2 is 1.48 bits per heavy atom. The Morgan fingerprint density at radius 3 is 2.41 bits per heavy atom. The Labute approximate surface area is 160 Å². The van der Waals surface area contributed by atoms with Gasteiger partial charge in [0.05, 0.1) is 11.0 Å². The molecule has 0 saturated heterocycles. The molecule has 2 N–H and O–H groups in total. The van der Waals surface area contributed by atoms with Gasteiger partial charge in [-0.05, 0) is 49.2 Å². The zero-order valence-electron chi connectivity index (χ0n) is 15.5. The highest BCUT2D eigenvalue weighted by molar-refractivity contribution is 5.99. The van der Waals surface area contributed by atoms with Crippen LogP contribution in [0.2, 0.25) is 0 Å². The molecule has 4 aromatic rings. The number of anilines is 1. The van der Waals surface area contributed by atoms with E-state index in [2.05, 4.69) is 83.4 Å². The number of hydrogen-bond acceptors (Lipinski definition) is 3. The summed E-state index contributed by atoms with van der Waals surface area (Å²) in [6.45, 7) is 2.95. The van der Waals surface area contributed by atoms with E-state index in [-0.39, 0.29) is 0 Å². The van der Waals surface area contributed by atoms with Crippen LogP contribution < -0.4 is 10.6 Å². The van der Waals surface area contributed by atoms with E-state index in [0.717, 1.165) is 43.5 Å². The fraction of sp³-hybridized carbons (Fsp3) is 0.208. The molecule has 0 aliphatic rings. The minimum atomic E-state index is 0.941. The second-order valence-corrected chi connectivity index (χ2v) is 6.85. The summed E-state index contributed by atoms with van der Waals surface area (Å²) in [7, 11) is 0. The van der Waals surface area contributed by atoms with Gasteiger partial charge < -0.3 is 10.6 Å². The SMILES string of the molecule is c1ccc(CNCCCCNc2cccc3nc4ccccc4cc23)cc1. The van der Waals surface area contributed by atoms with Crippen LogP contribution >= 0.6 is 0 Å². The summed E-state index contributed by atoms with van der Waals surface area (Å²) >= 11 is 0. The number of hydrogen-bond donors (Lipinski definition) is 2. The number of aromatic nitrogens is 1. The third-order valence-corrected chi connectivity index (χ3v) is 4.83. The molecule has 0 fully saturated rings. The lowest BCUT2D eigenvalue weighted by molar-refractivity contribution is 0.633. The second kappa shape index (κ2) is 8.65. The van der Waals surface area contributed by atoms with Crippen molar-refractivity contribution in [3.8, 4) is 0 Å². The topological polar surface area (TPSA) is 37.0 Å². The molecule has 0 aliphatic carbocycles. The van der Waals surface area contributed by atoms with Gasteiger partial charge >= 0.3 is 0 Å². The lowest BCUT2D eigenvalue weighted by Crippen LogP contribution is -2.15. The highest BCUT2D eigenvalue weighted by Crippen LogP contribution is 2.26. The molecule has 1 aromatic heterocycles. The van der Waals surface area contributed by atoms with Gasteiger partial charge in [0.15, 0.2) is 0 Å². The van der Waals surface area contributed by atoms with Crippen LogP contribution in [0.5, 0.6) is 0 Å². The fourth-order valence-electron chi connectivity index (χ4n) is 3.38. The van der Waals surface area contributed by atoms with Crippen molar-refractivity contribution in [2.75, 3.05) is 18.4 Å². The average Bonchev–Trinajstić information content (AvgIpc) is 2.72. The van der Waals surface area contributed by atoms with Gasteiger partial charge in [0, 0.05) is 29.5 Å². The predicted molar refractivity (Wildman–Crippen MR) is 115 cm³/mol. The second-order valence-electron chi connectivity index (χ2n) is 6.85. The first kappa shape index (κ1) is 17.5. The Hall–Kier alpha value is -2.91. The van der Waals surface area contributed by atoms with Crippen LogP contribution in [0.15, 0.2) is 78.9 Å². The third-order valence-electron chi connectivity index (χ3n) is 4.83. The Kier molecular flexibility index (Phi) is 5.61. The van der Waals surface area contributed by atoms with Gasteiger partial charge in [0.1, 0.15) is 0 Å². The molecule has 1 heterocycles. The Morgan fingerprint density at radius 1 is 0.704 bits per heavy atom. The maximum absolute atomic E-state index is 4.79. The number of rotatable bonds is 8. The normalized spacial score (nSPS) is 11.1. The molecule has 0 amide bonds. The first-order valence-corrected chi connectivity index (χ1v) is 9.67. The summed E-state index contributed by atoms with van der Waals surface area (Å²) in [4.78, 5) is 4.79. The summed E-state index contributed by atoms with van der Waals surface area (Å²) in [5.74, 6) is 0. The van der Waals surface area contributed by atoms with Crippen molar-refractivity contribution in [3.05, 3.63) is 84.4 Å². The molecular weight excluding hydrogens is 330 g/mol. The number of nitrogens with one attached hydrogen (secondary N) is 2. The van der Waals surface area contributed by atoms with E-state index in [9.17, 15) is 0 Å². The largest absolute Gasteiger partial charge is 0.384 e. The summed E-state index contributed by atoms with van der Waals surface area (Å²) in [6, 6.07) is 27.4. The van der Waals surface area contributed by atoms with Crippen molar-refractivity contribution in [2.24, 2.45) is 0 Å². The van der Waals surface area contributed by atoms with Crippen LogP contribution in [0.3, 0.4) is 0 Å². The standard InChI is InChI=1S/C24H25N3/c1-2-9-19(10-3-1)18-25-15-6-7-16-26-23-13-8-14-24-21(23)17-20-11-4-5-12-22(20)27-24/h1-5,8-14,17,25-26H,6-7,15-16,18H2. The lowest BCUT2D eigenvalue weighted by atomic mass is 10.1.